The van der Waals surface area contributed by atoms with Crippen molar-refractivity contribution in [3.05, 3.63) is 11.6 Å². The Morgan fingerprint density at radius 1 is 1.36 bits per heavy atom. The SMILES string of the molecule is CCCC=C1CCCCC1=O. The standard InChI is InChI=1S/C10H16O/c1-2-3-6-9-7-4-5-8-10(9)11/h6H,2-5,7-8H2,1H3. The first-order chi connectivity index (χ1) is 5.34. The fourth-order valence-electron chi connectivity index (χ4n) is 1.44. The lowest BCUT2D eigenvalue weighted by Gasteiger charge is -2.11. The van der Waals surface area contributed by atoms with Crippen molar-refractivity contribution in [3.8, 4) is 0 Å². The summed E-state index contributed by atoms with van der Waals surface area (Å²) in [4.78, 5) is 11.2. The van der Waals surface area contributed by atoms with Crippen LogP contribution in [-0.4, -0.2) is 5.78 Å². The summed E-state index contributed by atoms with van der Waals surface area (Å²) < 4.78 is 0. The van der Waals surface area contributed by atoms with E-state index in [0.29, 0.717) is 5.78 Å². The molecule has 0 spiro atoms. The summed E-state index contributed by atoms with van der Waals surface area (Å²) in [5, 5.41) is 0. The van der Waals surface area contributed by atoms with Gasteiger partial charge in [-0.25, -0.2) is 0 Å². The summed E-state index contributed by atoms with van der Waals surface area (Å²) >= 11 is 0. The van der Waals surface area contributed by atoms with Gasteiger partial charge in [-0.15, -0.1) is 0 Å². The monoisotopic (exact) mass is 152 g/mol. The van der Waals surface area contributed by atoms with E-state index in [9.17, 15) is 4.79 Å². The first-order valence-electron chi connectivity index (χ1n) is 4.57. The molecule has 0 unspecified atom stereocenters. The van der Waals surface area contributed by atoms with Crippen molar-refractivity contribution in [2.75, 3.05) is 0 Å². The maximum Gasteiger partial charge on any atom is 0.158 e. The van der Waals surface area contributed by atoms with E-state index >= 15 is 0 Å². The second-order valence-electron chi connectivity index (χ2n) is 3.15. The number of allylic oxidation sites excluding steroid dienone is 2. The van der Waals surface area contributed by atoms with Crippen LogP contribution in [0.2, 0.25) is 0 Å². The Balaban J connectivity index is 2.47. The summed E-state index contributed by atoms with van der Waals surface area (Å²) in [5.41, 5.74) is 1.10. The Morgan fingerprint density at radius 2 is 2.09 bits per heavy atom. The largest absolute Gasteiger partial charge is 0.295 e. The molecule has 0 aromatic carbocycles. The lowest BCUT2D eigenvalue weighted by Crippen LogP contribution is -2.07. The fourth-order valence-corrected chi connectivity index (χ4v) is 1.44. The van der Waals surface area contributed by atoms with Gasteiger partial charge in [0.2, 0.25) is 0 Å². The van der Waals surface area contributed by atoms with E-state index in [1.807, 2.05) is 0 Å². The first kappa shape index (κ1) is 8.51. The molecule has 1 heteroatoms. The lowest BCUT2D eigenvalue weighted by atomic mass is 9.93. The Kier molecular flexibility index (Phi) is 3.34. The number of ketones is 1. The van der Waals surface area contributed by atoms with E-state index in [2.05, 4.69) is 13.0 Å². The molecular weight excluding hydrogens is 136 g/mol. The lowest BCUT2D eigenvalue weighted by molar-refractivity contribution is -0.116. The van der Waals surface area contributed by atoms with E-state index in [-0.39, 0.29) is 0 Å². The second-order valence-corrected chi connectivity index (χ2v) is 3.15. The Morgan fingerprint density at radius 3 is 2.73 bits per heavy atom. The van der Waals surface area contributed by atoms with Gasteiger partial charge in [0.05, 0.1) is 0 Å². The molecule has 11 heavy (non-hydrogen) atoms. The third-order valence-corrected chi connectivity index (χ3v) is 2.14. The van der Waals surface area contributed by atoms with Gasteiger partial charge in [0.15, 0.2) is 5.78 Å². The maximum absolute atomic E-state index is 11.2. The van der Waals surface area contributed by atoms with Gasteiger partial charge in [-0.3, -0.25) is 4.79 Å². The molecule has 0 saturated heterocycles. The molecule has 1 rings (SSSR count). The molecule has 1 nitrogen and oxygen atoms in total. The topological polar surface area (TPSA) is 17.1 Å². The molecule has 0 heterocycles. The number of rotatable bonds is 2. The zero-order valence-corrected chi connectivity index (χ0v) is 7.23. The van der Waals surface area contributed by atoms with Crippen molar-refractivity contribution in [2.45, 2.75) is 45.4 Å². The molecule has 1 saturated carbocycles. The highest BCUT2D eigenvalue weighted by atomic mass is 16.1. The van der Waals surface area contributed by atoms with Gasteiger partial charge in [-0.2, -0.15) is 0 Å². The predicted octanol–water partition coefficient (Wildman–Crippen LogP) is 2.86. The third kappa shape index (κ3) is 2.49. The van der Waals surface area contributed by atoms with Gasteiger partial charge in [0.25, 0.3) is 0 Å². The first-order valence-corrected chi connectivity index (χ1v) is 4.57. The highest BCUT2D eigenvalue weighted by molar-refractivity contribution is 5.95. The molecule has 0 amide bonds. The van der Waals surface area contributed by atoms with E-state index in [0.717, 1.165) is 37.7 Å². The number of unbranched alkanes of at least 4 members (excludes halogenated alkanes) is 1. The summed E-state index contributed by atoms with van der Waals surface area (Å²) in [5.74, 6) is 0.393. The summed E-state index contributed by atoms with van der Waals surface area (Å²) in [6.07, 6.45) is 8.47. The number of carbonyl (C=O) groups excluding carboxylic acids is 1. The zero-order chi connectivity index (χ0) is 8.10. The van der Waals surface area contributed by atoms with Crippen molar-refractivity contribution in [1.29, 1.82) is 0 Å². The van der Waals surface area contributed by atoms with E-state index in [1.165, 1.54) is 6.42 Å². The summed E-state index contributed by atoms with van der Waals surface area (Å²) in [6.45, 7) is 2.14. The van der Waals surface area contributed by atoms with Crippen molar-refractivity contribution >= 4 is 5.78 Å². The van der Waals surface area contributed by atoms with Crippen LogP contribution in [-0.2, 0) is 4.79 Å². The molecule has 62 valence electrons. The van der Waals surface area contributed by atoms with Crippen molar-refractivity contribution in [1.82, 2.24) is 0 Å². The van der Waals surface area contributed by atoms with Crippen LogP contribution >= 0.6 is 0 Å². The molecule has 0 atom stereocenters. The van der Waals surface area contributed by atoms with Crippen LogP contribution in [0, 0.1) is 0 Å². The van der Waals surface area contributed by atoms with Gasteiger partial charge in [0, 0.05) is 6.42 Å². The predicted molar refractivity (Wildman–Crippen MR) is 46.5 cm³/mol. The minimum absolute atomic E-state index is 0.393. The fraction of sp³-hybridized carbons (Fsp3) is 0.700. The van der Waals surface area contributed by atoms with E-state index in [4.69, 9.17) is 0 Å². The van der Waals surface area contributed by atoms with Gasteiger partial charge >= 0.3 is 0 Å². The third-order valence-electron chi connectivity index (χ3n) is 2.14. The van der Waals surface area contributed by atoms with Gasteiger partial charge in [-0.05, 0) is 31.3 Å². The quantitative estimate of drug-likeness (QED) is 0.556. The van der Waals surface area contributed by atoms with Crippen molar-refractivity contribution < 1.29 is 4.79 Å². The Labute approximate surface area is 68.5 Å². The Hall–Kier alpha value is -0.590. The zero-order valence-electron chi connectivity index (χ0n) is 7.23. The number of hydrogen-bond acceptors (Lipinski definition) is 1. The molecule has 0 bridgehead atoms. The summed E-state index contributed by atoms with van der Waals surface area (Å²) in [7, 11) is 0. The molecule has 0 aromatic heterocycles. The maximum atomic E-state index is 11.2. The normalized spacial score (nSPS) is 22.6. The van der Waals surface area contributed by atoms with Gasteiger partial charge in [-0.1, -0.05) is 19.4 Å². The molecule has 1 aliphatic rings. The minimum atomic E-state index is 0.393. The van der Waals surface area contributed by atoms with E-state index < -0.39 is 0 Å². The molecule has 0 radical (unpaired) electrons. The molecule has 1 fully saturated rings. The molecular formula is C10H16O. The molecule has 1 aliphatic carbocycles. The number of carbonyl (C=O) groups is 1. The second kappa shape index (κ2) is 4.32. The van der Waals surface area contributed by atoms with Crippen LogP contribution in [0.1, 0.15) is 45.4 Å². The Bertz CT molecular complexity index is 168. The summed E-state index contributed by atoms with van der Waals surface area (Å²) in [6, 6.07) is 0. The number of hydrogen-bond donors (Lipinski definition) is 0. The van der Waals surface area contributed by atoms with Crippen LogP contribution in [0.15, 0.2) is 11.6 Å². The van der Waals surface area contributed by atoms with Crippen LogP contribution in [0.3, 0.4) is 0 Å². The van der Waals surface area contributed by atoms with E-state index in [1.54, 1.807) is 0 Å². The molecule has 0 aliphatic heterocycles. The smallest absolute Gasteiger partial charge is 0.158 e. The van der Waals surface area contributed by atoms with Crippen molar-refractivity contribution in [3.63, 3.8) is 0 Å². The highest BCUT2D eigenvalue weighted by Gasteiger charge is 2.13. The van der Waals surface area contributed by atoms with Crippen LogP contribution < -0.4 is 0 Å². The molecule has 0 aromatic rings. The number of Topliss-reactive ketones (excluding diaryl/α,β-unsaturated/α-hetero) is 1. The van der Waals surface area contributed by atoms with Crippen molar-refractivity contribution in [2.24, 2.45) is 0 Å². The van der Waals surface area contributed by atoms with Crippen LogP contribution in [0.4, 0.5) is 0 Å². The average Bonchev–Trinajstić information content (AvgIpc) is 2.03. The minimum Gasteiger partial charge on any atom is -0.295 e. The molecule has 0 N–H and O–H groups in total. The van der Waals surface area contributed by atoms with Gasteiger partial charge < -0.3 is 0 Å². The average molecular weight is 152 g/mol. The van der Waals surface area contributed by atoms with Gasteiger partial charge in [0.1, 0.15) is 0 Å². The highest BCUT2D eigenvalue weighted by Crippen LogP contribution is 2.20. The van der Waals surface area contributed by atoms with Crippen LogP contribution in [0.25, 0.3) is 0 Å². The van der Waals surface area contributed by atoms with Crippen LogP contribution in [0.5, 0.6) is 0 Å².